The predicted octanol–water partition coefficient (Wildman–Crippen LogP) is 9.12. The summed E-state index contributed by atoms with van der Waals surface area (Å²) < 4.78 is 43.1. The maximum Gasteiger partial charge on any atom is 0.369 e. The van der Waals surface area contributed by atoms with E-state index in [0.29, 0.717) is 43.2 Å². The largest absolute Gasteiger partial charge is 0.430 e. The number of thioether (sulfide) groups is 1. The van der Waals surface area contributed by atoms with Crippen LogP contribution in [-0.4, -0.2) is 69.1 Å². The van der Waals surface area contributed by atoms with Gasteiger partial charge in [-0.1, -0.05) is 104 Å². The predicted molar refractivity (Wildman–Crippen MR) is 190 cm³/mol. The molecule has 2 aromatic heterocycles. The van der Waals surface area contributed by atoms with E-state index in [0.717, 1.165) is 18.2 Å². The molecule has 0 saturated heterocycles. The molecule has 2 atom stereocenters. The third-order valence-corrected chi connectivity index (χ3v) is 9.84. The molecular weight excluding hydrogens is 641 g/mol. The lowest BCUT2D eigenvalue weighted by molar-refractivity contribution is 0.0321. The molecule has 0 saturated carbocycles. The van der Waals surface area contributed by atoms with E-state index in [-0.39, 0.29) is 18.2 Å². The Hall–Kier alpha value is -1.76. The van der Waals surface area contributed by atoms with Gasteiger partial charge in [-0.15, -0.1) is 0 Å². The van der Waals surface area contributed by atoms with E-state index in [9.17, 15) is 9.36 Å². The molecule has 0 aliphatic heterocycles. The van der Waals surface area contributed by atoms with Gasteiger partial charge in [-0.25, -0.2) is 19.7 Å². The monoisotopic (exact) mass is 701 g/mol. The first-order valence-electron chi connectivity index (χ1n) is 17.6. The third-order valence-electron chi connectivity index (χ3n) is 7.52. The molecule has 2 N–H and O–H groups in total. The highest BCUT2D eigenvalue weighted by Gasteiger charge is 2.27. The third kappa shape index (κ3) is 19.1. The average molecular weight is 702 g/mol. The standard InChI is InChI=1S/C33H60N5O7PS/c1-5-6-7-8-9-10-11-12-13-14-15-16-17-18-20-41-21-19-22-44-46(40,45-26-42-33(39)47-28(2)3)27-43-29(4)23-38-25-37-30-31(34)35-24-36-32(30)38/h24-25,28-29H,5-23,26-27H2,1-4H3,(H2,34,35,36)/t29-,46-/m1/s1. The lowest BCUT2D eigenvalue weighted by Crippen LogP contribution is -2.19. The van der Waals surface area contributed by atoms with Gasteiger partial charge in [0.05, 0.1) is 25.6 Å². The number of ether oxygens (including phenoxy) is 3. The highest BCUT2D eigenvalue weighted by atomic mass is 32.2. The Labute approximate surface area is 286 Å². The second-order valence-electron chi connectivity index (χ2n) is 12.2. The van der Waals surface area contributed by atoms with Gasteiger partial charge >= 0.3 is 12.9 Å². The van der Waals surface area contributed by atoms with Crippen LogP contribution >= 0.6 is 19.4 Å². The quantitative estimate of drug-likeness (QED) is 0.0373. The molecule has 0 aromatic carbocycles. The summed E-state index contributed by atoms with van der Waals surface area (Å²) in [5.41, 5.74) is 6.96. The first-order valence-corrected chi connectivity index (χ1v) is 20.2. The summed E-state index contributed by atoms with van der Waals surface area (Å²) in [5, 5.41) is -0.454. The maximum atomic E-state index is 13.5. The van der Waals surface area contributed by atoms with Crippen molar-refractivity contribution >= 4 is 41.6 Å². The molecule has 0 aliphatic carbocycles. The lowest BCUT2D eigenvalue weighted by atomic mass is 10.0. The van der Waals surface area contributed by atoms with Crippen molar-refractivity contribution in [3.05, 3.63) is 12.7 Å². The summed E-state index contributed by atoms with van der Waals surface area (Å²) in [6, 6.07) is 0. The second-order valence-corrected chi connectivity index (χ2v) is 15.8. The summed E-state index contributed by atoms with van der Waals surface area (Å²) >= 11 is 1.02. The van der Waals surface area contributed by atoms with Gasteiger partial charge in [-0.2, -0.15) is 0 Å². The number of nitrogen functional groups attached to an aromatic ring is 1. The number of rotatable bonds is 29. The van der Waals surface area contributed by atoms with E-state index in [1.54, 1.807) is 10.9 Å². The Bertz CT molecular complexity index is 1160. The van der Waals surface area contributed by atoms with Gasteiger partial charge in [0.2, 0.25) is 6.79 Å². The Morgan fingerprint density at radius 1 is 0.851 bits per heavy atom. The van der Waals surface area contributed by atoms with E-state index in [1.165, 1.54) is 89.8 Å². The van der Waals surface area contributed by atoms with Crippen molar-refractivity contribution in [2.45, 2.75) is 142 Å². The van der Waals surface area contributed by atoms with Crippen molar-refractivity contribution in [2.75, 3.05) is 38.7 Å². The molecule has 12 nitrogen and oxygen atoms in total. The van der Waals surface area contributed by atoms with Crippen LogP contribution < -0.4 is 5.73 Å². The molecule has 0 fully saturated rings. The van der Waals surface area contributed by atoms with E-state index < -0.39 is 25.8 Å². The van der Waals surface area contributed by atoms with Crippen LogP contribution in [0, 0.1) is 0 Å². The number of imidazole rings is 1. The van der Waals surface area contributed by atoms with Crippen molar-refractivity contribution in [3.8, 4) is 0 Å². The number of fused-ring (bicyclic) bond motifs is 1. The topological polar surface area (TPSA) is 150 Å². The van der Waals surface area contributed by atoms with Crippen molar-refractivity contribution in [1.82, 2.24) is 19.5 Å². The van der Waals surface area contributed by atoms with E-state index in [4.69, 9.17) is 29.0 Å². The van der Waals surface area contributed by atoms with Crippen LogP contribution in [0.2, 0.25) is 0 Å². The number of nitrogens with zero attached hydrogens (tertiary/aromatic N) is 4. The lowest BCUT2D eigenvalue weighted by Gasteiger charge is -2.21. The number of unbranched alkanes of at least 4 members (excludes halogenated alkanes) is 13. The van der Waals surface area contributed by atoms with Crippen LogP contribution in [0.5, 0.6) is 0 Å². The summed E-state index contributed by atoms with van der Waals surface area (Å²) in [7, 11) is -3.74. The summed E-state index contributed by atoms with van der Waals surface area (Å²) in [6.45, 7) is 9.08. The Morgan fingerprint density at radius 2 is 1.47 bits per heavy atom. The van der Waals surface area contributed by atoms with Gasteiger partial charge in [-0.3, -0.25) is 9.09 Å². The van der Waals surface area contributed by atoms with Crippen LogP contribution in [0.1, 0.15) is 124 Å². The highest BCUT2D eigenvalue weighted by molar-refractivity contribution is 8.13. The van der Waals surface area contributed by atoms with E-state index >= 15 is 0 Å². The fourth-order valence-electron chi connectivity index (χ4n) is 4.94. The molecule has 0 aliphatic rings. The fourth-order valence-corrected chi connectivity index (χ4v) is 6.72. The summed E-state index contributed by atoms with van der Waals surface area (Å²) in [5.74, 6) is 0.294. The molecule has 14 heteroatoms. The van der Waals surface area contributed by atoms with Gasteiger partial charge < -0.3 is 29.0 Å². The van der Waals surface area contributed by atoms with Crippen LogP contribution in [0.25, 0.3) is 11.2 Å². The zero-order chi connectivity index (χ0) is 34.2. The molecule has 0 radical (unpaired) electrons. The van der Waals surface area contributed by atoms with Gasteiger partial charge in [0.15, 0.2) is 11.5 Å². The first-order chi connectivity index (χ1) is 22.7. The molecule has 0 unspecified atom stereocenters. The van der Waals surface area contributed by atoms with E-state index in [1.807, 2.05) is 20.8 Å². The minimum absolute atomic E-state index is 0.0548. The normalized spacial score (nSPS) is 13.7. The molecular formula is C33H60N5O7PS. The fraction of sp³-hybridized carbons (Fsp3) is 0.818. The Kier molecular flexibility index (Phi) is 22.2. The van der Waals surface area contributed by atoms with Crippen molar-refractivity contribution in [3.63, 3.8) is 0 Å². The average Bonchev–Trinajstić information content (AvgIpc) is 3.44. The minimum Gasteiger partial charge on any atom is -0.430 e. The molecule has 47 heavy (non-hydrogen) atoms. The second kappa shape index (κ2) is 25.2. The molecule has 0 bridgehead atoms. The SMILES string of the molecule is CCCCCCCCCCCCCCCCOCCCO[P@](=O)(CO[C@H](C)Cn1cnc2c(N)ncnc21)OCOC(=O)SC(C)C. The summed E-state index contributed by atoms with van der Waals surface area (Å²) in [4.78, 5) is 24.4. The molecule has 0 spiro atoms. The molecule has 270 valence electrons. The molecule has 0 amide bonds. The number of carbonyl (C=O) groups is 1. The Balaban J connectivity index is 1.61. The number of carbonyl (C=O) groups excluding carboxylic acids is 1. The molecule has 2 heterocycles. The number of hydrogen-bond donors (Lipinski definition) is 1. The van der Waals surface area contributed by atoms with Crippen molar-refractivity contribution < 1.29 is 32.6 Å². The van der Waals surface area contributed by atoms with E-state index in [2.05, 4.69) is 21.9 Å². The van der Waals surface area contributed by atoms with Crippen LogP contribution in [0.3, 0.4) is 0 Å². The number of nitrogens with two attached hydrogens (primary N) is 1. The summed E-state index contributed by atoms with van der Waals surface area (Å²) in [6.07, 6.45) is 21.4. The number of aromatic nitrogens is 4. The highest BCUT2D eigenvalue weighted by Crippen LogP contribution is 2.48. The zero-order valence-electron chi connectivity index (χ0n) is 29.2. The van der Waals surface area contributed by atoms with Crippen molar-refractivity contribution in [1.29, 1.82) is 0 Å². The van der Waals surface area contributed by atoms with Gasteiger partial charge in [0.1, 0.15) is 18.2 Å². The number of hydrogen-bond acceptors (Lipinski definition) is 12. The van der Waals surface area contributed by atoms with Gasteiger partial charge in [0, 0.05) is 18.5 Å². The molecule has 2 aromatic rings. The number of anilines is 1. The van der Waals surface area contributed by atoms with Gasteiger partial charge in [0.25, 0.3) is 0 Å². The maximum absolute atomic E-state index is 13.5. The minimum atomic E-state index is -3.74. The van der Waals surface area contributed by atoms with Gasteiger partial charge in [-0.05, 0) is 31.5 Å². The first kappa shape index (κ1) is 41.4. The van der Waals surface area contributed by atoms with Crippen LogP contribution in [-0.2, 0) is 34.4 Å². The zero-order valence-corrected chi connectivity index (χ0v) is 30.9. The van der Waals surface area contributed by atoms with Crippen LogP contribution in [0.4, 0.5) is 10.6 Å². The van der Waals surface area contributed by atoms with Crippen molar-refractivity contribution in [2.24, 2.45) is 0 Å². The smallest absolute Gasteiger partial charge is 0.369 e. The Morgan fingerprint density at radius 3 is 2.11 bits per heavy atom. The van der Waals surface area contributed by atoms with Crippen LogP contribution in [0.15, 0.2) is 12.7 Å². The molecule has 2 rings (SSSR count).